The van der Waals surface area contributed by atoms with Crippen LogP contribution in [0.4, 0.5) is 4.79 Å². The fourth-order valence-electron chi connectivity index (χ4n) is 2.76. The van der Waals surface area contributed by atoms with E-state index in [-0.39, 0.29) is 5.91 Å². The van der Waals surface area contributed by atoms with Crippen molar-refractivity contribution < 1.29 is 14.3 Å². The molecule has 0 aliphatic rings. The molecule has 0 atom stereocenters. The average molecular weight is 346 g/mol. The molecular formula is C18H26N4O3. The van der Waals surface area contributed by atoms with Crippen molar-refractivity contribution in [2.24, 2.45) is 0 Å². The number of aromatic nitrogens is 2. The van der Waals surface area contributed by atoms with Gasteiger partial charge in [-0.2, -0.15) is 0 Å². The Balaban J connectivity index is 1.81. The second-order valence-electron chi connectivity index (χ2n) is 6.10. The molecule has 0 radical (unpaired) electrons. The largest absolute Gasteiger partial charge is 0.453 e. The fraction of sp³-hybridized carbons (Fsp3) is 0.500. The van der Waals surface area contributed by atoms with Gasteiger partial charge in [-0.3, -0.25) is 4.79 Å². The van der Waals surface area contributed by atoms with E-state index in [0.29, 0.717) is 38.4 Å². The summed E-state index contributed by atoms with van der Waals surface area (Å²) in [5.74, 6) is 0.947. The van der Waals surface area contributed by atoms with Crippen LogP contribution in [0.15, 0.2) is 24.3 Å². The zero-order chi connectivity index (χ0) is 18.2. The molecule has 2 rings (SSSR count). The molecule has 0 unspecified atom stereocenters. The highest BCUT2D eigenvalue weighted by Gasteiger charge is 2.13. The maximum absolute atomic E-state index is 11.9. The topological polar surface area (TPSA) is 85.2 Å². The first-order valence-electron chi connectivity index (χ1n) is 8.57. The van der Waals surface area contributed by atoms with E-state index in [2.05, 4.69) is 44.8 Å². The number of amides is 2. The highest BCUT2D eigenvalue weighted by Crippen LogP contribution is 2.20. The molecule has 0 aliphatic carbocycles. The SMILES string of the molecule is COC(=O)NCCCC(=O)NCCc1nc2ccccc2n1C(C)C. The molecule has 1 aromatic carbocycles. The van der Waals surface area contributed by atoms with Gasteiger partial charge >= 0.3 is 6.09 Å². The van der Waals surface area contributed by atoms with Crippen molar-refractivity contribution in [2.75, 3.05) is 20.2 Å². The average Bonchev–Trinajstić information content (AvgIpc) is 2.96. The molecule has 2 amide bonds. The van der Waals surface area contributed by atoms with Gasteiger partial charge < -0.3 is 19.9 Å². The van der Waals surface area contributed by atoms with Gasteiger partial charge in [-0.1, -0.05) is 12.1 Å². The molecule has 0 bridgehead atoms. The molecule has 7 nitrogen and oxygen atoms in total. The number of hydrogen-bond acceptors (Lipinski definition) is 4. The molecule has 0 fully saturated rings. The second kappa shape index (κ2) is 9.05. The maximum Gasteiger partial charge on any atom is 0.406 e. The number of benzene rings is 1. The number of nitrogens with zero attached hydrogens (tertiary/aromatic N) is 2. The predicted octanol–water partition coefficient (Wildman–Crippen LogP) is 2.41. The minimum atomic E-state index is -0.479. The van der Waals surface area contributed by atoms with Crippen molar-refractivity contribution in [2.45, 2.75) is 39.2 Å². The Hall–Kier alpha value is -2.57. The fourth-order valence-corrected chi connectivity index (χ4v) is 2.76. The molecule has 0 saturated heterocycles. The van der Waals surface area contributed by atoms with Crippen molar-refractivity contribution in [1.29, 1.82) is 0 Å². The Kier molecular flexibility index (Phi) is 6.80. The molecule has 2 aromatic rings. The molecule has 2 N–H and O–H groups in total. The van der Waals surface area contributed by atoms with Crippen molar-refractivity contribution in [3.05, 3.63) is 30.1 Å². The standard InChI is InChI=1S/C18H26N4O3/c1-13(2)22-15-8-5-4-7-14(15)21-16(22)10-12-19-17(23)9-6-11-20-18(24)25-3/h4-5,7-8,13H,6,9-12H2,1-3H3,(H,19,23)(H,20,24). The van der Waals surface area contributed by atoms with Gasteiger partial charge in [0.2, 0.25) is 5.91 Å². The Labute approximate surface area is 147 Å². The first kappa shape index (κ1) is 18.8. The van der Waals surface area contributed by atoms with Crippen LogP contribution in [0.2, 0.25) is 0 Å². The van der Waals surface area contributed by atoms with E-state index in [1.165, 1.54) is 7.11 Å². The van der Waals surface area contributed by atoms with Gasteiger partial charge in [-0.15, -0.1) is 0 Å². The quantitative estimate of drug-likeness (QED) is 0.719. The van der Waals surface area contributed by atoms with Crippen LogP contribution in [0, 0.1) is 0 Å². The number of rotatable bonds is 8. The van der Waals surface area contributed by atoms with Crippen molar-refractivity contribution >= 4 is 23.0 Å². The van der Waals surface area contributed by atoms with E-state index in [1.807, 2.05) is 18.2 Å². The van der Waals surface area contributed by atoms with E-state index in [1.54, 1.807) is 0 Å². The van der Waals surface area contributed by atoms with Crippen LogP contribution >= 0.6 is 0 Å². The Morgan fingerprint density at radius 2 is 1.96 bits per heavy atom. The molecule has 25 heavy (non-hydrogen) atoms. The number of methoxy groups -OCH3 is 1. The summed E-state index contributed by atoms with van der Waals surface area (Å²) >= 11 is 0. The molecule has 136 valence electrons. The Morgan fingerprint density at radius 3 is 2.68 bits per heavy atom. The Bertz CT molecular complexity index is 724. The number of hydrogen-bond donors (Lipinski definition) is 2. The Morgan fingerprint density at radius 1 is 1.20 bits per heavy atom. The van der Waals surface area contributed by atoms with Gasteiger partial charge in [0.1, 0.15) is 5.82 Å². The summed E-state index contributed by atoms with van der Waals surface area (Å²) in [7, 11) is 1.31. The van der Waals surface area contributed by atoms with E-state index in [9.17, 15) is 9.59 Å². The lowest BCUT2D eigenvalue weighted by molar-refractivity contribution is -0.121. The van der Waals surface area contributed by atoms with E-state index in [0.717, 1.165) is 16.9 Å². The van der Waals surface area contributed by atoms with Gasteiger partial charge in [0.05, 0.1) is 18.1 Å². The molecule has 1 aromatic heterocycles. The monoisotopic (exact) mass is 346 g/mol. The second-order valence-corrected chi connectivity index (χ2v) is 6.10. The third kappa shape index (κ3) is 5.20. The molecular weight excluding hydrogens is 320 g/mol. The molecule has 0 saturated carbocycles. The van der Waals surface area contributed by atoms with Crippen LogP contribution in [-0.4, -0.2) is 41.8 Å². The smallest absolute Gasteiger partial charge is 0.406 e. The number of imidazole rings is 1. The molecule has 7 heteroatoms. The number of carbonyl (C=O) groups is 2. The lowest BCUT2D eigenvalue weighted by Crippen LogP contribution is -2.28. The van der Waals surface area contributed by atoms with Crippen LogP contribution in [0.25, 0.3) is 11.0 Å². The lowest BCUT2D eigenvalue weighted by atomic mass is 10.2. The van der Waals surface area contributed by atoms with Crippen LogP contribution in [-0.2, 0) is 16.0 Å². The van der Waals surface area contributed by atoms with E-state index in [4.69, 9.17) is 0 Å². The summed E-state index contributed by atoms with van der Waals surface area (Å²) in [4.78, 5) is 27.4. The number of carbonyl (C=O) groups excluding carboxylic acids is 2. The highest BCUT2D eigenvalue weighted by atomic mass is 16.5. The molecule has 0 aliphatic heterocycles. The van der Waals surface area contributed by atoms with Crippen molar-refractivity contribution in [3.8, 4) is 0 Å². The van der Waals surface area contributed by atoms with Crippen molar-refractivity contribution in [3.63, 3.8) is 0 Å². The minimum absolute atomic E-state index is 0.0288. The first-order valence-corrected chi connectivity index (χ1v) is 8.57. The van der Waals surface area contributed by atoms with Crippen LogP contribution in [0.3, 0.4) is 0 Å². The summed E-state index contributed by atoms with van der Waals surface area (Å²) in [5.41, 5.74) is 2.10. The third-order valence-corrected chi connectivity index (χ3v) is 3.89. The highest BCUT2D eigenvalue weighted by molar-refractivity contribution is 5.77. The summed E-state index contributed by atoms with van der Waals surface area (Å²) < 4.78 is 6.68. The summed E-state index contributed by atoms with van der Waals surface area (Å²) in [6, 6.07) is 8.37. The van der Waals surface area contributed by atoms with Gasteiger partial charge in [-0.25, -0.2) is 9.78 Å². The summed E-state index contributed by atoms with van der Waals surface area (Å²) in [6.07, 6.45) is 1.14. The van der Waals surface area contributed by atoms with E-state index < -0.39 is 6.09 Å². The van der Waals surface area contributed by atoms with Gasteiger partial charge in [0, 0.05) is 32.0 Å². The zero-order valence-corrected chi connectivity index (χ0v) is 15.0. The number of fused-ring (bicyclic) bond motifs is 1. The predicted molar refractivity (Wildman–Crippen MR) is 96.5 cm³/mol. The first-order chi connectivity index (χ1) is 12.0. The number of nitrogens with one attached hydrogen (secondary N) is 2. The summed E-state index contributed by atoms with van der Waals surface area (Å²) in [6.45, 7) is 5.22. The molecule has 0 spiro atoms. The number of ether oxygens (including phenoxy) is 1. The van der Waals surface area contributed by atoms with Crippen LogP contribution < -0.4 is 10.6 Å². The van der Waals surface area contributed by atoms with Gasteiger partial charge in [0.15, 0.2) is 0 Å². The lowest BCUT2D eigenvalue weighted by Gasteiger charge is -2.13. The maximum atomic E-state index is 11.9. The number of alkyl carbamates (subject to hydrolysis) is 1. The minimum Gasteiger partial charge on any atom is -0.453 e. The van der Waals surface area contributed by atoms with Crippen LogP contribution in [0.1, 0.15) is 38.6 Å². The number of para-hydroxylation sites is 2. The van der Waals surface area contributed by atoms with Crippen LogP contribution in [0.5, 0.6) is 0 Å². The third-order valence-electron chi connectivity index (χ3n) is 3.89. The summed E-state index contributed by atoms with van der Waals surface area (Å²) in [5, 5.41) is 5.46. The normalized spacial score (nSPS) is 10.9. The molecule has 1 heterocycles. The van der Waals surface area contributed by atoms with Crippen molar-refractivity contribution in [1.82, 2.24) is 20.2 Å². The van der Waals surface area contributed by atoms with Gasteiger partial charge in [0.25, 0.3) is 0 Å². The van der Waals surface area contributed by atoms with Gasteiger partial charge in [-0.05, 0) is 32.4 Å². The van der Waals surface area contributed by atoms with E-state index >= 15 is 0 Å². The zero-order valence-electron chi connectivity index (χ0n) is 15.0.